The van der Waals surface area contributed by atoms with Crippen LogP contribution in [0.4, 0.5) is 17.6 Å². The van der Waals surface area contributed by atoms with Gasteiger partial charge in [0.15, 0.2) is 0 Å². The van der Waals surface area contributed by atoms with E-state index >= 15 is 0 Å². The molecule has 1 rings (SSSR count). The predicted octanol–water partition coefficient (Wildman–Crippen LogP) is 0.498. The van der Waals surface area contributed by atoms with Crippen molar-refractivity contribution in [3.05, 3.63) is 5.56 Å². The molecule has 6 N–H and O–H groups in total. The van der Waals surface area contributed by atoms with Gasteiger partial charge >= 0.3 is 0 Å². The summed E-state index contributed by atoms with van der Waals surface area (Å²) in [4.78, 5) is 10.2. The molecule has 0 fully saturated rings. The Kier molecular flexibility index (Phi) is 4.96. The van der Waals surface area contributed by atoms with E-state index in [1.807, 2.05) is 0 Å². The second kappa shape index (κ2) is 6.24. The first-order valence-electron chi connectivity index (χ1n) is 5.98. The predicted molar refractivity (Wildman–Crippen MR) is 71.4 cm³/mol. The number of hydrogen-bond acceptors (Lipinski definition) is 6. The Morgan fingerprint density at radius 3 is 2.00 bits per heavy atom. The minimum absolute atomic E-state index is 0.132. The number of nitrogens with two attached hydrogens (primary N) is 3. The van der Waals surface area contributed by atoms with Crippen LogP contribution in [-0.4, -0.2) is 34.5 Å². The van der Waals surface area contributed by atoms with Crippen LogP contribution >= 0.6 is 0 Å². The molecule has 0 amide bonds. The molecule has 6 heteroatoms. The molecular weight excluding hydrogens is 216 g/mol. The van der Waals surface area contributed by atoms with Gasteiger partial charge < -0.3 is 22.1 Å². The zero-order valence-corrected chi connectivity index (χ0v) is 10.6. The van der Waals surface area contributed by atoms with Crippen molar-refractivity contribution in [3.8, 4) is 0 Å². The average Bonchev–Trinajstić information content (AvgIpc) is 2.27. The lowest BCUT2D eigenvalue weighted by atomic mass is 10.1. The third-order valence-electron chi connectivity index (χ3n) is 2.88. The minimum atomic E-state index is 0.132. The third kappa shape index (κ3) is 3.74. The summed E-state index contributed by atoms with van der Waals surface area (Å²) in [6, 6.07) is 0. The third-order valence-corrected chi connectivity index (χ3v) is 2.88. The molecule has 0 spiro atoms. The highest BCUT2D eigenvalue weighted by atomic mass is 15.1. The highest BCUT2D eigenvalue weighted by Crippen LogP contribution is 2.18. The largest absolute Gasteiger partial charge is 0.383 e. The lowest BCUT2D eigenvalue weighted by Gasteiger charge is -2.18. The van der Waals surface area contributed by atoms with Crippen molar-refractivity contribution >= 4 is 17.6 Å². The summed E-state index contributed by atoms with van der Waals surface area (Å²) in [6.45, 7) is 7.44. The Morgan fingerprint density at radius 2 is 1.53 bits per heavy atom. The van der Waals surface area contributed by atoms with Crippen molar-refractivity contribution in [3.63, 3.8) is 0 Å². The van der Waals surface area contributed by atoms with Gasteiger partial charge in [-0.15, -0.1) is 0 Å². The maximum Gasteiger partial charge on any atom is 0.223 e. The summed E-state index contributed by atoms with van der Waals surface area (Å²) in [6.07, 6.45) is 1.78. The molecule has 96 valence electrons. The highest BCUT2D eigenvalue weighted by Gasteiger charge is 2.09. The number of hydrogen-bond donors (Lipinski definition) is 3. The van der Waals surface area contributed by atoms with Crippen LogP contribution < -0.4 is 17.2 Å². The van der Waals surface area contributed by atoms with Gasteiger partial charge in [-0.3, -0.25) is 0 Å². The zero-order valence-electron chi connectivity index (χ0n) is 10.6. The molecule has 0 saturated heterocycles. The molecule has 0 aromatic carbocycles. The fourth-order valence-electron chi connectivity index (χ4n) is 1.81. The Morgan fingerprint density at radius 1 is 1.00 bits per heavy atom. The Bertz CT molecular complexity index is 338. The summed E-state index contributed by atoms with van der Waals surface area (Å²) < 4.78 is 0. The number of nitrogens with zero attached hydrogens (tertiary/aromatic N) is 3. The maximum absolute atomic E-state index is 5.78. The van der Waals surface area contributed by atoms with Crippen molar-refractivity contribution in [2.75, 3.05) is 36.8 Å². The molecule has 0 radical (unpaired) electrons. The smallest absolute Gasteiger partial charge is 0.223 e. The highest BCUT2D eigenvalue weighted by molar-refractivity contribution is 5.55. The first-order chi connectivity index (χ1) is 8.08. The van der Waals surface area contributed by atoms with Gasteiger partial charge in [-0.05, 0) is 32.5 Å². The molecule has 1 aromatic heterocycles. The average molecular weight is 238 g/mol. The van der Waals surface area contributed by atoms with E-state index in [1.165, 1.54) is 0 Å². The van der Waals surface area contributed by atoms with E-state index in [1.54, 1.807) is 0 Å². The second-order valence-electron chi connectivity index (χ2n) is 3.96. The topological polar surface area (TPSA) is 107 Å². The van der Waals surface area contributed by atoms with Crippen LogP contribution in [0, 0.1) is 0 Å². The molecule has 6 nitrogen and oxygen atoms in total. The molecule has 0 aliphatic heterocycles. The second-order valence-corrected chi connectivity index (χ2v) is 3.96. The van der Waals surface area contributed by atoms with Gasteiger partial charge in [-0.1, -0.05) is 13.8 Å². The van der Waals surface area contributed by atoms with Crippen LogP contribution in [0.1, 0.15) is 25.8 Å². The summed E-state index contributed by atoms with van der Waals surface area (Å²) in [5.41, 5.74) is 17.8. The van der Waals surface area contributed by atoms with Gasteiger partial charge in [-0.2, -0.15) is 9.97 Å². The normalized spacial score (nSPS) is 11.0. The lowest BCUT2D eigenvalue weighted by molar-refractivity contribution is 0.300. The molecular formula is C11H22N6. The molecule has 17 heavy (non-hydrogen) atoms. The molecule has 0 bridgehead atoms. The van der Waals surface area contributed by atoms with E-state index in [0.29, 0.717) is 11.6 Å². The van der Waals surface area contributed by atoms with Gasteiger partial charge in [0, 0.05) is 5.56 Å². The van der Waals surface area contributed by atoms with E-state index in [9.17, 15) is 0 Å². The number of anilines is 3. The molecule has 0 aliphatic rings. The summed E-state index contributed by atoms with van der Waals surface area (Å²) in [5, 5.41) is 0. The van der Waals surface area contributed by atoms with Crippen molar-refractivity contribution in [1.82, 2.24) is 14.9 Å². The molecule has 0 atom stereocenters. The lowest BCUT2D eigenvalue weighted by Crippen LogP contribution is -2.24. The van der Waals surface area contributed by atoms with E-state index in [4.69, 9.17) is 17.2 Å². The van der Waals surface area contributed by atoms with Gasteiger partial charge in [0.2, 0.25) is 5.95 Å². The van der Waals surface area contributed by atoms with Gasteiger partial charge in [0.25, 0.3) is 0 Å². The number of aromatic nitrogens is 2. The van der Waals surface area contributed by atoms with Crippen molar-refractivity contribution in [2.24, 2.45) is 0 Å². The zero-order chi connectivity index (χ0) is 12.8. The van der Waals surface area contributed by atoms with Crippen LogP contribution in [0.3, 0.4) is 0 Å². The van der Waals surface area contributed by atoms with Crippen molar-refractivity contribution in [2.45, 2.75) is 26.7 Å². The maximum atomic E-state index is 5.78. The summed E-state index contributed by atoms with van der Waals surface area (Å²) in [5.74, 6) is 0.927. The molecule has 0 aliphatic carbocycles. The van der Waals surface area contributed by atoms with Crippen LogP contribution in [0.2, 0.25) is 0 Å². The number of rotatable bonds is 6. The van der Waals surface area contributed by atoms with E-state index in [-0.39, 0.29) is 5.95 Å². The van der Waals surface area contributed by atoms with Gasteiger partial charge in [0.1, 0.15) is 11.6 Å². The van der Waals surface area contributed by atoms with Crippen LogP contribution in [0.5, 0.6) is 0 Å². The standard InChI is InChI=1S/C11H22N6/c1-3-17(4-2)7-5-6-8-9(12)15-11(14)16-10(8)13/h3-7H2,1-2H3,(H6,12,13,14,15,16). The van der Waals surface area contributed by atoms with Gasteiger partial charge in [0.05, 0.1) is 0 Å². The van der Waals surface area contributed by atoms with E-state index < -0.39 is 0 Å². The Hall–Kier alpha value is -1.56. The van der Waals surface area contributed by atoms with E-state index in [0.717, 1.165) is 38.0 Å². The SMILES string of the molecule is CCN(CC)CCCc1c(N)nc(N)nc1N. The minimum Gasteiger partial charge on any atom is -0.383 e. The molecule has 1 aromatic rings. The van der Waals surface area contributed by atoms with E-state index in [2.05, 4.69) is 28.7 Å². The quantitative estimate of drug-likeness (QED) is 0.666. The fraction of sp³-hybridized carbons (Fsp3) is 0.636. The molecule has 0 unspecified atom stereocenters. The molecule has 0 saturated carbocycles. The van der Waals surface area contributed by atoms with Crippen LogP contribution in [-0.2, 0) is 6.42 Å². The summed E-state index contributed by atoms with van der Waals surface area (Å²) >= 11 is 0. The Labute approximate surface area is 102 Å². The van der Waals surface area contributed by atoms with Crippen molar-refractivity contribution < 1.29 is 0 Å². The number of nitrogen functional groups attached to an aromatic ring is 3. The fourth-order valence-corrected chi connectivity index (χ4v) is 1.81. The Balaban J connectivity index is 2.58. The van der Waals surface area contributed by atoms with Crippen molar-refractivity contribution in [1.29, 1.82) is 0 Å². The first kappa shape index (κ1) is 13.5. The summed E-state index contributed by atoms with van der Waals surface area (Å²) in [7, 11) is 0. The first-order valence-corrected chi connectivity index (χ1v) is 5.98. The molecule has 1 heterocycles. The van der Waals surface area contributed by atoms with Crippen LogP contribution in [0.15, 0.2) is 0 Å². The van der Waals surface area contributed by atoms with Gasteiger partial charge in [-0.25, -0.2) is 0 Å². The monoisotopic (exact) mass is 238 g/mol. The van der Waals surface area contributed by atoms with Crippen LogP contribution in [0.25, 0.3) is 0 Å².